The molecule has 0 saturated heterocycles. The van der Waals surface area contributed by atoms with Gasteiger partial charge in [0.2, 0.25) is 5.91 Å². The molecule has 7 heteroatoms. The van der Waals surface area contributed by atoms with Crippen LogP contribution in [-0.2, 0) is 11.3 Å². The Balaban J connectivity index is 0.00000392. The van der Waals surface area contributed by atoms with Crippen molar-refractivity contribution in [3.05, 3.63) is 71.0 Å². The van der Waals surface area contributed by atoms with Crippen LogP contribution in [-0.4, -0.2) is 25.0 Å². The summed E-state index contributed by atoms with van der Waals surface area (Å²) in [6.45, 7) is 6.74. The van der Waals surface area contributed by atoms with Gasteiger partial charge in [0, 0.05) is 13.1 Å². The molecular weight excluding hydrogens is 470 g/mol. The van der Waals surface area contributed by atoms with Crippen molar-refractivity contribution in [2.45, 2.75) is 33.4 Å². The molecule has 1 unspecified atom stereocenters. The first kappa shape index (κ1) is 23.9. The number of carbonyl (C=O) groups is 1. The predicted molar refractivity (Wildman–Crippen MR) is 122 cm³/mol. The summed E-state index contributed by atoms with van der Waals surface area (Å²) in [5, 5.41) is 9.15. The molecular formula is C21H28FIN4O. The zero-order chi connectivity index (χ0) is 19.6. The molecule has 0 spiro atoms. The second kappa shape index (κ2) is 12.3. The average molecular weight is 498 g/mol. The smallest absolute Gasteiger partial charge is 0.242 e. The first-order chi connectivity index (χ1) is 13.0. The SMILES string of the molecule is CCNC(=NCC(=O)NCc1ccccc1)NC(C)c1ccc(C)c(F)c1.I. The average Bonchev–Trinajstić information content (AvgIpc) is 2.67. The summed E-state index contributed by atoms with van der Waals surface area (Å²) >= 11 is 0. The Kier molecular flexibility index (Phi) is 10.5. The molecule has 5 nitrogen and oxygen atoms in total. The molecule has 2 aromatic carbocycles. The largest absolute Gasteiger partial charge is 0.357 e. The number of guanidine groups is 1. The minimum atomic E-state index is -0.233. The van der Waals surface area contributed by atoms with E-state index in [0.29, 0.717) is 24.6 Å². The van der Waals surface area contributed by atoms with Crippen LogP contribution < -0.4 is 16.0 Å². The number of hydrogen-bond acceptors (Lipinski definition) is 2. The van der Waals surface area contributed by atoms with Crippen LogP contribution in [0.2, 0.25) is 0 Å². The van der Waals surface area contributed by atoms with Crippen LogP contribution >= 0.6 is 24.0 Å². The lowest BCUT2D eigenvalue weighted by Gasteiger charge is -2.18. The Morgan fingerprint density at radius 1 is 1.14 bits per heavy atom. The standard InChI is InChI=1S/C21H27FN4O.HI/c1-4-23-21(26-16(3)18-11-10-15(2)19(22)12-18)25-14-20(27)24-13-17-8-6-5-7-9-17;/h5-12,16H,4,13-14H2,1-3H3,(H,24,27)(H2,23,25,26);1H. The molecule has 0 aliphatic heterocycles. The molecule has 1 atom stereocenters. The molecule has 0 aliphatic carbocycles. The van der Waals surface area contributed by atoms with Crippen molar-refractivity contribution in [1.82, 2.24) is 16.0 Å². The molecule has 2 rings (SSSR count). The van der Waals surface area contributed by atoms with Gasteiger partial charge < -0.3 is 16.0 Å². The van der Waals surface area contributed by atoms with Gasteiger partial charge in [0.05, 0.1) is 6.04 Å². The lowest BCUT2D eigenvalue weighted by molar-refractivity contribution is -0.119. The molecule has 0 fully saturated rings. The Morgan fingerprint density at radius 2 is 1.86 bits per heavy atom. The second-order valence-corrected chi connectivity index (χ2v) is 6.33. The summed E-state index contributed by atoms with van der Waals surface area (Å²) in [5.41, 5.74) is 2.47. The number of aliphatic imine (C=N–C) groups is 1. The molecule has 0 bridgehead atoms. The third kappa shape index (κ3) is 7.84. The first-order valence-electron chi connectivity index (χ1n) is 9.11. The van der Waals surface area contributed by atoms with Crippen molar-refractivity contribution in [3.8, 4) is 0 Å². The summed E-state index contributed by atoms with van der Waals surface area (Å²) in [5.74, 6) is 0.120. The van der Waals surface area contributed by atoms with E-state index in [1.807, 2.05) is 50.2 Å². The van der Waals surface area contributed by atoms with E-state index in [1.165, 1.54) is 6.07 Å². The zero-order valence-corrected chi connectivity index (χ0v) is 18.8. The maximum Gasteiger partial charge on any atom is 0.242 e. The number of carbonyl (C=O) groups excluding carboxylic acids is 1. The molecule has 0 heterocycles. The van der Waals surface area contributed by atoms with Gasteiger partial charge >= 0.3 is 0 Å². The van der Waals surface area contributed by atoms with Gasteiger partial charge in [-0.05, 0) is 43.5 Å². The van der Waals surface area contributed by atoms with E-state index in [-0.39, 0.29) is 48.3 Å². The minimum absolute atomic E-state index is 0. The third-order valence-corrected chi connectivity index (χ3v) is 4.11. The van der Waals surface area contributed by atoms with E-state index in [0.717, 1.165) is 11.1 Å². The predicted octanol–water partition coefficient (Wildman–Crippen LogP) is 3.68. The van der Waals surface area contributed by atoms with Crippen LogP contribution in [0.1, 0.15) is 36.6 Å². The van der Waals surface area contributed by atoms with Crippen molar-refractivity contribution in [2.24, 2.45) is 4.99 Å². The van der Waals surface area contributed by atoms with E-state index in [4.69, 9.17) is 0 Å². The van der Waals surface area contributed by atoms with Crippen LogP contribution in [0.15, 0.2) is 53.5 Å². The fourth-order valence-electron chi connectivity index (χ4n) is 2.49. The maximum atomic E-state index is 13.8. The number of amides is 1. The number of rotatable bonds is 7. The van der Waals surface area contributed by atoms with Crippen molar-refractivity contribution in [1.29, 1.82) is 0 Å². The number of hydrogen-bond donors (Lipinski definition) is 3. The van der Waals surface area contributed by atoms with E-state index < -0.39 is 0 Å². The van der Waals surface area contributed by atoms with E-state index in [1.54, 1.807) is 13.0 Å². The third-order valence-electron chi connectivity index (χ3n) is 4.11. The van der Waals surface area contributed by atoms with Gasteiger partial charge in [0.1, 0.15) is 12.4 Å². The quantitative estimate of drug-likeness (QED) is 0.310. The van der Waals surface area contributed by atoms with Crippen LogP contribution in [0.5, 0.6) is 0 Å². The van der Waals surface area contributed by atoms with E-state index >= 15 is 0 Å². The van der Waals surface area contributed by atoms with Gasteiger partial charge in [-0.1, -0.05) is 42.5 Å². The van der Waals surface area contributed by atoms with Crippen molar-refractivity contribution in [2.75, 3.05) is 13.1 Å². The Bertz CT molecular complexity index is 783. The Morgan fingerprint density at radius 3 is 2.50 bits per heavy atom. The highest BCUT2D eigenvalue weighted by Gasteiger charge is 2.10. The van der Waals surface area contributed by atoms with Crippen LogP contribution in [0.3, 0.4) is 0 Å². The van der Waals surface area contributed by atoms with Gasteiger partial charge in [-0.3, -0.25) is 4.79 Å². The van der Waals surface area contributed by atoms with Gasteiger partial charge in [-0.2, -0.15) is 0 Å². The normalized spacial score (nSPS) is 11.9. The Labute approximate surface area is 183 Å². The lowest BCUT2D eigenvalue weighted by atomic mass is 10.1. The monoisotopic (exact) mass is 498 g/mol. The number of halogens is 2. The fourth-order valence-corrected chi connectivity index (χ4v) is 2.49. The molecule has 152 valence electrons. The number of nitrogens with one attached hydrogen (secondary N) is 3. The van der Waals surface area contributed by atoms with Crippen molar-refractivity contribution < 1.29 is 9.18 Å². The molecule has 0 aromatic heterocycles. The molecule has 3 N–H and O–H groups in total. The molecule has 28 heavy (non-hydrogen) atoms. The molecule has 0 radical (unpaired) electrons. The summed E-state index contributed by atoms with van der Waals surface area (Å²) in [4.78, 5) is 16.4. The zero-order valence-electron chi connectivity index (χ0n) is 16.5. The summed E-state index contributed by atoms with van der Waals surface area (Å²) in [6.07, 6.45) is 0. The summed E-state index contributed by atoms with van der Waals surface area (Å²) in [6, 6.07) is 14.7. The van der Waals surface area contributed by atoms with Crippen molar-refractivity contribution >= 4 is 35.8 Å². The van der Waals surface area contributed by atoms with Gasteiger partial charge in [0.15, 0.2) is 5.96 Å². The first-order valence-corrected chi connectivity index (χ1v) is 9.11. The van der Waals surface area contributed by atoms with Gasteiger partial charge in [0.25, 0.3) is 0 Å². The fraction of sp³-hybridized carbons (Fsp3) is 0.333. The minimum Gasteiger partial charge on any atom is -0.357 e. The summed E-state index contributed by atoms with van der Waals surface area (Å²) in [7, 11) is 0. The summed E-state index contributed by atoms with van der Waals surface area (Å²) < 4.78 is 13.8. The van der Waals surface area contributed by atoms with Crippen LogP contribution in [0.4, 0.5) is 4.39 Å². The molecule has 0 aliphatic rings. The maximum absolute atomic E-state index is 13.8. The van der Waals surface area contributed by atoms with E-state index in [9.17, 15) is 9.18 Å². The van der Waals surface area contributed by atoms with E-state index in [2.05, 4.69) is 20.9 Å². The number of nitrogens with zero attached hydrogens (tertiary/aromatic N) is 1. The Hall–Kier alpha value is -2.16. The highest BCUT2D eigenvalue weighted by Crippen LogP contribution is 2.16. The van der Waals surface area contributed by atoms with Gasteiger partial charge in [-0.25, -0.2) is 9.38 Å². The number of aryl methyl sites for hydroxylation is 1. The molecule has 2 aromatic rings. The topological polar surface area (TPSA) is 65.5 Å². The highest BCUT2D eigenvalue weighted by molar-refractivity contribution is 14.0. The second-order valence-electron chi connectivity index (χ2n) is 6.33. The lowest BCUT2D eigenvalue weighted by Crippen LogP contribution is -2.39. The molecule has 0 saturated carbocycles. The highest BCUT2D eigenvalue weighted by atomic mass is 127. The molecule has 1 amide bonds. The van der Waals surface area contributed by atoms with Gasteiger partial charge in [-0.15, -0.1) is 24.0 Å². The van der Waals surface area contributed by atoms with Crippen molar-refractivity contribution in [3.63, 3.8) is 0 Å². The number of benzene rings is 2. The van der Waals surface area contributed by atoms with Crippen LogP contribution in [0, 0.1) is 12.7 Å². The van der Waals surface area contributed by atoms with Crippen LogP contribution in [0.25, 0.3) is 0 Å².